The molecule has 2 aliphatic carbocycles. The Labute approximate surface area is 218 Å². The van der Waals surface area contributed by atoms with Crippen LogP contribution in [0.1, 0.15) is 90.2 Å². The topological polar surface area (TPSA) is 73.6 Å². The van der Waals surface area contributed by atoms with Gasteiger partial charge in [-0.3, -0.25) is 24.3 Å². The Kier molecular flexibility index (Phi) is 6.04. The summed E-state index contributed by atoms with van der Waals surface area (Å²) in [5.74, 6) is -3.24. The maximum absolute atomic E-state index is 14.7. The van der Waals surface area contributed by atoms with E-state index in [2.05, 4.69) is 19.9 Å². The number of alkyl halides is 2. The van der Waals surface area contributed by atoms with Gasteiger partial charge in [0.05, 0.1) is 17.4 Å². The summed E-state index contributed by atoms with van der Waals surface area (Å²) in [5.41, 5.74) is 3.30. The molecular weight excluding hydrogens is 491 g/mol. The first kappa shape index (κ1) is 24.7. The van der Waals surface area contributed by atoms with Gasteiger partial charge >= 0.3 is 0 Å². The van der Waals surface area contributed by atoms with Crippen LogP contribution in [-0.2, 0) is 5.92 Å². The average molecular weight is 520 g/mol. The summed E-state index contributed by atoms with van der Waals surface area (Å²) in [6, 6.07) is 6.24. The Morgan fingerprint density at radius 2 is 1.71 bits per heavy atom. The van der Waals surface area contributed by atoms with E-state index in [-0.39, 0.29) is 41.0 Å². The lowest BCUT2D eigenvalue weighted by Crippen LogP contribution is -2.36. The first-order valence-electron chi connectivity index (χ1n) is 13.1. The van der Waals surface area contributed by atoms with Crippen molar-refractivity contribution in [1.82, 2.24) is 24.5 Å². The van der Waals surface area contributed by atoms with Crippen LogP contribution in [-0.4, -0.2) is 24.5 Å². The van der Waals surface area contributed by atoms with Gasteiger partial charge in [-0.05, 0) is 81.0 Å². The number of halogens is 3. The minimum Gasteiger partial charge on any atom is -0.282 e. The van der Waals surface area contributed by atoms with Crippen molar-refractivity contribution in [2.75, 3.05) is 0 Å². The van der Waals surface area contributed by atoms with Crippen molar-refractivity contribution in [2.45, 2.75) is 76.2 Å². The van der Waals surface area contributed by atoms with Crippen LogP contribution in [0, 0.1) is 19.7 Å². The third kappa shape index (κ3) is 4.08. The number of pyridine rings is 1. The quantitative estimate of drug-likeness (QED) is 0.320. The van der Waals surface area contributed by atoms with Crippen molar-refractivity contribution in [3.63, 3.8) is 0 Å². The Morgan fingerprint density at radius 3 is 2.47 bits per heavy atom. The normalized spacial score (nSPS) is 22.8. The Morgan fingerprint density at radius 1 is 0.974 bits per heavy atom. The van der Waals surface area contributed by atoms with Gasteiger partial charge in [0.25, 0.3) is 11.5 Å². The molecule has 0 saturated heterocycles. The van der Waals surface area contributed by atoms with Crippen LogP contribution >= 0.6 is 0 Å². The standard InChI is InChI=1S/C29H28F3N5O/c1-16-4-3-5-21(30)24(16)19-8-6-18(7-9-19)20-14-22-27(36-17(2)15-35-22)37(28(20)38)23-10-11-29(31,32)26-25(23)33-12-13-34-26/h3-5,12-15,18-19,23H,6-11H2,1-2H3/t18?,19?,23-/m1/s1. The number of rotatable bonds is 3. The van der Waals surface area contributed by atoms with Gasteiger partial charge in [-0.25, -0.2) is 9.37 Å². The van der Waals surface area contributed by atoms with Gasteiger partial charge < -0.3 is 0 Å². The van der Waals surface area contributed by atoms with Gasteiger partial charge in [0.1, 0.15) is 17.0 Å². The highest BCUT2D eigenvalue weighted by Gasteiger charge is 2.44. The molecule has 1 aromatic carbocycles. The SMILES string of the molecule is Cc1cnc2cc(C3CCC(c4c(C)cccc4F)CC3)c(=O)n([C@@H]3CCC(F)(F)c4nccnc43)c2n1. The number of aryl methyl sites for hydroxylation is 2. The lowest BCUT2D eigenvalue weighted by atomic mass is 9.75. The van der Waals surface area contributed by atoms with Crippen LogP contribution in [0.15, 0.2) is 47.7 Å². The average Bonchev–Trinajstić information content (AvgIpc) is 2.90. The third-order valence-electron chi connectivity index (χ3n) is 8.17. The monoisotopic (exact) mass is 519 g/mol. The summed E-state index contributed by atoms with van der Waals surface area (Å²) in [5, 5.41) is 0. The number of aromatic nitrogens is 5. The number of benzene rings is 1. The molecule has 196 valence electrons. The minimum absolute atomic E-state index is 0.0338. The van der Waals surface area contributed by atoms with Crippen LogP contribution < -0.4 is 5.56 Å². The van der Waals surface area contributed by atoms with Crippen molar-refractivity contribution in [3.05, 3.63) is 92.8 Å². The highest BCUT2D eigenvalue weighted by atomic mass is 19.3. The van der Waals surface area contributed by atoms with Gasteiger partial charge in [-0.15, -0.1) is 0 Å². The van der Waals surface area contributed by atoms with E-state index in [0.717, 1.165) is 36.8 Å². The molecule has 6 nitrogen and oxygen atoms in total. The van der Waals surface area contributed by atoms with E-state index in [1.54, 1.807) is 25.3 Å². The summed E-state index contributed by atoms with van der Waals surface area (Å²) in [6.07, 6.45) is 6.83. The summed E-state index contributed by atoms with van der Waals surface area (Å²) >= 11 is 0. The molecule has 1 atom stereocenters. The van der Waals surface area contributed by atoms with Crippen LogP contribution in [0.4, 0.5) is 13.2 Å². The maximum atomic E-state index is 14.7. The lowest BCUT2D eigenvalue weighted by molar-refractivity contribution is -0.0320. The molecule has 1 fully saturated rings. The van der Waals surface area contributed by atoms with Crippen molar-refractivity contribution in [2.24, 2.45) is 0 Å². The molecule has 3 heterocycles. The van der Waals surface area contributed by atoms with E-state index in [9.17, 15) is 18.0 Å². The summed E-state index contributed by atoms with van der Waals surface area (Å²) in [6.45, 7) is 3.71. The molecule has 0 bridgehead atoms. The van der Waals surface area contributed by atoms with Crippen LogP contribution in [0.3, 0.4) is 0 Å². The highest BCUT2D eigenvalue weighted by molar-refractivity contribution is 5.71. The fourth-order valence-corrected chi connectivity index (χ4v) is 6.33. The number of fused-ring (bicyclic) bond motifs is 2. The Balaban J connectivity index is 1.43. The lowest BCUT2D eigenvalue weighted by Gasteiger charge is -2.32. The molecular formula is C29H28F3N5O. The molecule has 6 rings (SSSR count). The van der Waals surface area contributed by atoms with Crippen LogP contribution in [0.5, 0.6) is 0 Å². The summed E-state index contributed by atoms with van der Waals surface area (Å²) < 4.78 is 45.6. The molecule has 0 amide bonds. The fourth-order valence-electron chi connectivity index (χ4n) is 6.33. The van der Waals surface area contributed by atoms with E-state index in [1.165, 1.54) is 23.0 Å². The van der Waals surface area contributed by atoms with Gasteiger partial charge in [0, 0.05) is 30.6 Å². The molecule has 0 spiro atoms. The van der Waals surface area contributed by atoms with E-state index in [0.29, 0.717) is 22.4 Å². The zero-order chi connectivity index (χ0) is 26.6. The molecule has 0 aliphatic heterocycles. The second-order valence-electron chi connectivity index (χ2n) is 10.6. The number of hydrogen-bond acceptors (Lipinski definition) is 5. The molecule has 1 saturated carbocycles. The van der Waals surface area contributed by atoms with Crippen LogP contribution in [0.2, 0.25) is 0 Å². The van der Waals surface area contributed by atoms with E-state index in [1.807, 2.05) is 13.0 Å². The second-order valence-corrected chi connectivity index (χ2v) is 10.6. The summed E-state index contributed by atoms with van der Waals surface area (Å²) in [7, 11) is 0. The molecule has 2 aliphatic rings. The number of nitrogens with zero attached hydrogens (tertiary/aromatic N) is 5. The first-order chi connectivity index (χ1) is 18.2. The largest absolute Gasteiger partial charge is 0.291 e. The Bertz CT molecular complexity index is 1570. The summed E-state index contributed by atoms with van der Waals surface area (Å²) in [4.78, 5) is 31.5. The van der Waals surface area contributed by atoms with Crippen molar-refractivity contribution < 1.29 is 13.2 Å². The first-order valence-corrected chi connectivity index (χ1v) is 13.1. The van der Waals surface area contributed by atoms with E-state index in [4.69, 9.17) is 0 Å². The molecule has 9 heteroatoms. The highest BCUT2D eigenvalue weighted by Crippen LogP contribution is 2.45. The van der Waals surface area contributed by atoms with Crippen molar-refractivity contribution in [1.29, 1.82) is 0 Å². The molecule has 38 heavy (non-hydrogen) atoms. The predicted molar refractivity (Wildman–Crippen MR) is 137 cm³/mol. The molecule has 0 N–H and O–H groups in total. The minimum atomic E-state index is -3.11. The van der Waals surface area contributed by atoms with Crippen molar-refractivity contribution in [3.8, 4) is 0 Å². The van der Waals surface area contributed by atoms with E-state index >= 15 is 0 Å². The fraction of sp³-hybridized carbons (Fsp3) is 0.414. The van der Waals surface area contributed by atoms with Gasteiger partial charge in [0.15, 0.2) is 5.65 Å². The smallest absolute Gasteiger partial charge is 0.282 e. The predicted octanol–water partition coefficient (Wildman–Crippen LogP) is 6.25. The van der Waals surface area contributed by atoms with Crippen molar-refractivity contribution >= 4 is 11.2 Å². The van der Waals surface area contributed by atoms with E-state index < -0.39 is 18.4 Å². The molecule has 4 aromatic rings. The zero-order valence-corrected chi connectivity index (χ0v) is 21.3. The molecule has 0 radical (unpaired) electrons. The molecule has 0 unspecified atom stereocenters. The van der Waals surface area contributed by atoms with Crippen LogP contribution in [0.25, 0.3) is 11.2 Å². The second kappa shape index (κ2) is 9.29. The third-order valence-corrected chi connectivity index (χ3v) is 8.17. The van der Waals surface area contributed by atoms with Gasteiger partial charge in [0.2, 0.25) is 0 Å². The van der Waals surface area contributed by atoms with Gasteiger partial charge in [-0.1, -0.05) is 12.1 Å². The Hall–Kier alpha value is -3.62. The van der Waals surface area contributed by atoms with Gasteiger partial charge in [-0.2, -0.15) is 8.78 Å². The zero-order valence-electron chi connectivity index (χ0n) is 21.3. The molecule has 3 aromatic heterocycles. The maximum Gasteiger partial charge on any atom is 0.291 e. The number of hydrogen-bond donors (Lipinski definition) is 0.